The first-order chi connectivity index (χ1) is 22.3. The van der Waals surface area contributed by atoms with E-state index in [4.69, 9.17) is 16.3 Å². The number of anilines is 1. The molecule has 6 aliphatic rings. The van der Waals surface area contributed by atoms with Crippen LogP contribution in [0.2, 0.25) is 5.02 Å². The van der Waals surface area contributed by atoms with Gasteiger partial charge in [0.25, 0.3) is 0 Å². The lowest BCUT2D eigenvalue weighted by atomic mass is 9.69. The summed E-state index contributed by atoms with van der Waals surface area (Å²) in [6.07, 6.45) is 15.2. The Morgan fingerprint density at radius 2 is 2.04 bits per heavy atom. The zero-order chi connectivity index (χ0) is 31.6. The van der Waals surface area contributed by atoms with Crippen LogP contribution >= 0.6 is 11.6 Å². The predicted molar refractivity (Wildman–Crippen MR) is 179 cm³/mol. The fourth-order valence-electron chi connectivity index (χ4n) is 7.97. The molecule has 46 heavy (non-hydrogen) atoms. The molecule has 2 aromatic rings. The Hall–Kier alpha value is -3.95. The number of rotatable bonds is 7. The number of nitrogens with one attached hydrogen (secondary N) is 2. The minimum atomic E-state index is -0.739. The molecule has 8 rings (SSSR count). The standard InChI is InChI=1S/C36H38ClFN6O2/c1-35-34(40-11-14-44(35)31(20-41-35)22-4-8-32(46-2)30(38)15-22)42-25-5-7-27(29(37)16-25)33(45)28-17-36(28)9-12-43(13-10-36)21-24-19-39-18-23-3-6-26(23)24/h4-5,7-8,11,14-16,18-20,23,26,28,41H,3,6,9-10,12-13,17,21H2,1-2H3,(H,40,42). The highest BCUT2D eigenvalue weighted by molar-refractivity contribution is 6.34. The van der Waals surface area contributed by atoms with Crippen molar-refractivity contribution in [3.05, 3.63) is 88.7 Å². The van der Waals surface area contributed by atoms with Crippen LogP contribution in [0, 0.1) is 29.0 Å². The third kappa shape index (κ3) is 4.86. The molecule has 2 N–H and O–H groups in total. The van der Waals surface area contributed by atoms with E-state index in [0.29, 0.717) is 33.8 Å². The number of methoxy groups -OCH3 is 1. The van der Waals surface area contributed by atoms with Gasteiger partial charge in [-0.3, -0.25) is 14.7 Å². The number of fused-ring (bicyclic) bond motifs is 2. The average Bonchev–Trinajstić information content (AvgIpc) is 3.61. The third-order valence-electron chi connectivity index (χ3n) is 11.1. The van der Waals surface area contributed by atoms with Gasteiger partial charge in [0.1, 0.15) is 0 Å². The highest BCUT2D eigenvalue weighted by atomic mass is 35.5. The van der Waals surface area contributed by atoms with Gasteiger partial charge in [0.05, 0.1) is 17.8 Å². The van der Waals surface area contributed by atoms with Gasteiger partial charge in [-0.15, -0.1) is 0 Å². The lowest BCUT2D eigenvalue weighted by Crippen LogP contribution is -2.57. The minimum Gasteiger partial charge on any atom is -0.494 e. The summed E-state index contributed by atoms with van der Waals surface area (Å²) >= 11 is 6.77. The van der Waals surface area contributed by atoms with Crippen LogP contribution in [0.4, 0.5) is 10.1 Å². The Morgan fingerprint density at radius 1 is 1.20 bits per heavy atom. The van der Waals surface area contributed by atoms with E-state index >= 15 is 0 Å². The number of halogens is 2. The number of piperidine rings is 1. The van der Waals surface area contributed by atoms with E-state index in [2.05, 4.69) is 37.9 Å². The van der Waals surface area contributed by atoms with Gasteiger partial charge < -0.3 is 20.3 Å². The van der Waals surface area contributed by atoms with E-state index in [0.717, 1.165) is 50.3 Å². The second kappa shape index (κ2) is 11.1. The summed E-state index contributed by atoms with van der Waals surface area (Å²) < 4.78 is 19.6. The number of likely N-dealkylation sites (tertiary alicyclic amines) is 1. The summed E-state index contributed by atoms with van der Waals surface area (Å²) in [6, 6.07) is 10.4. The lowest BCUT2D eigenvalue weighted by molar-refractivity contribution is 0.0918. The maximum atomic E-state index is 14.5. The Kier molecular flexibility index (Phi) is 7.10. The molecule has 1 saturated heterocycles. The number of nitrogens with zero attached hydrogens (tertiary/aromatic N) is 4. The summed E-state index contributed by atoms with van der Waals surface area (Å²) in [4.78, 5) is 27.4. The van der Waals surface area contributed by atoms with Gasteiger partial charge in [-0.25, -0.2) is 9.38 Å². The van der Waals surface area contributed by atoms with Crippen molar-refractivity contribution in [3.63, 3.8) is 0 Å². The number of ketones is 1. The first-order valence-corrected chi connectivity index (χ1v) is 16.6. The van der Waals surface area contributed by atoms with E-state index in [-0.39, 0.29) is 22.9 Å². The normalized spacial score (nSPS) is 28.7. The van der Waals surface area contributed by atoms with Gasteiger partial charge >= 0.3 is 0 Å². The van der Waals surface area contributed by atoms with Gasteiger partial charge in [0, 0.05) is 66.2 Å². The van der Waals surface area contributed by atoms with E-state index in [1.165, 1.54) is 31.6 Å². The molecule has 8 nitrogen and oxygen atoms in total. The van der Waals surface area contributed by atoms with Crippen molar-refractivity contribution in [3.8, 4) is 5.75 Å². The van der Waals surface area contributed by atoms with Crippen LogP contribution in [-0.2, 0) is 0 Å². The second-order valence-corrected chi connectivity index (χ2v) is 14.1. The molecule has 4 heterocycles. The first-order valence-electron chi connectivity index (χ1n) is 16.2. The lowest BCUT2D eigenvalue weighted by Gasteiger charge is -2.41. The molecule has 4 atom stereocenters. The largest absolute Gasteiger partial charge is 0.494 e. The number of aliphatic imine (C=N–C) groups is 2. The number of hydrogen-bond donors (Lipinski definition) is 2. The molecular weight excluding hydrogens is 603 g/mol. The highest BCUT2D eigenvalue weighted by Crippen LogP contribution is 2.61. The summed E-state index contributed by atoms with van der Waals surface area (Å²) in [5.41, 5.74) is 3.68. The van der Waals surface area contributed by atoms with Crippen molar-refractivity contribution in [2.24, 2.45) is 33.2 Å². The molecule has 2 saturated carbocycles. The van der Waals surface area contributed by atoms with Gasteiger partial charge in [-0.1, -0.05) is 11.6 Å². The third-order valence-corrected chi connectivity index (χ3v) is 11.5. The van der Waals surface area contributed by atoms with Crippen LogP contribution in [0.25, 0.3) is 5.70 Å². The number of carbonyl (C=O) groups excluding carboxylic acids is 1. The van der Waals surface area contributed by atoms with Crippen LogP contribution in [-0.4, -0.2) is 60.0 Å². The molecule has 4 aliphatic heterocycles. The predicted octanol–water partition coefficient (Wildman–Crippen LogP) is 6.68. The topological polar surface area (TPSA) is 81.6 Å². The molecular formula is C36H38ClFN6O2. The van der Waals surface area contributed by atoms with Crippen LogP contribution in [0.15, 0.2) is 76.8 Å². The van der Waals surface area contributed by atoms with Crippen molar-refractivity contribution >= 4 is 40.8 Å². The molecule has 1 spiro atoms. The van der Waals surface area contributed by atoms with Crippen molar-refractivity contribution in [2.75, 3.05) is 32.1 Å². The fourth-order valence-corrected chi connectivity index (χ4v) is 8.25. The minimum absolute atomic E-state index is 0.0377. The molecule has 0 aromatic heterocycles. The van der Waals surface area contributed by atoms with Crippen molar-refractivity contribution < 1.29 is 13.9 Å². The number of amidine groups is 1. The van der Waals surface area contributed by atoms with Crippen LogP contribution in [0.3, 0.4) is 0 Å². The van der Waals surface area contributed by atoms with Gasteiger partial charge in [-0.2, -0.15) is 0 Å². The number of ether oxygens (including phenoxy) is 1. The number of Topliss-reactive ketones (excluding diaryl/α,β-unsaturated/α-hetero) is 1. The number of hydrogen-bond acceptors (Lipinski definition) is 8. The fraction of sp³-hybridized carbons (Fsp3) is 0.417. The van der Waals surface area contributed by atoms with Crippen LogP contribution in [0.5, 0.6) is 5.75 Å². The van der Waals surface area contributed by atoms with Crippen molar-refractivity contribution in [2.45, 2.75) is 44.7 Å². The second-order valence-electron chi connectivity index (χ2n) is 13.7. The van der Waals surface area contributed by atoms with Gasteiger partial charge in [0.2, 0.25) is 0 Å². The zero-order valence-corrected chi connectivity index (χ0v) is 26.9. The van der Waals surface area contributed by atoms with E-state index in [9.17, 15) is 9.18 Å². The maximum Gasteiger partial charge on any atom is 0.171 e. The SMILES string of the molecule is COc1ccc(C2=CNC3(C)C(Nc4ccc(C(=O)C5CC56CCN(CC5=CN=CC7CCC57)CC6)c(Cl)c4)=NC=CN23)cc1F. The molecule has 0 bridgehead atoms. The quantitative estimate of drug-likeness (QED) is 0.329. The van der Waals surface area contributed by atoms with Gasteiger partial charge in [0.15, 0.2) is 28.8 Å². The maximum absolute atomic E-state index is 14.5. The van der Waals surface area contributed by atoms with E-state index < -0.39 is 11.5 Å². The molecule has 238 valence electrons. The van der Waals surface area contributed by atoms with Crippen LogP contribution in [0.1, 0.15) is 54.9 Å². The molecule has 2 aliphatic carbocycles. The Bertz CT molecular complexity index is 1760. The Labute approximate surface area is 273 Å². The van der Waals surface area contributed by atoms with E-state index in [1.54, 1.807) is 18.3 Å². The number of carbonyl (C=O) groups is 1. The zero-order valence-electron chi connectivity index (χ0n) is 26.1. The summed E-state index contributed by atoms with van der Waals surface area (Å²) in [7, 11) is 1.45. The van der Waals surface area contributed by atoms with E-state index in [1.807, 2.05) is 42.4 Å². The Balaban J connectivity index is 0.900. The highest BCUT2D eigenvalue weighted by Gasteiger charge is 2.58. The van der Waals surface area contributed by atoms with Crippen molar-refractivity contribution in [1.82, 2.24) is 15.1 Å². The molecule has 10 heteroatoms. The van der Waals surface area contributed by atoms with Crippen LogP contribution < -0.4 is 15.4 Å². The summed E-state index contributed by atoms with van der Waals surface area (Å²) in [5.74, 6) is 1.95. The molecule has 2 aromatic carbocycles. The summed E-state index contributed by atoms with van der Waals surface area (Å²) in [6.45, 7) is 5.07. The average molecular weight is 641 g/mol. The monoisotopic (exact) mass is 640 g/mol. The molecule has 0 radical (unpaired) electrons. The van der Waals surface area contributed by atoms with Crippen molar-refractivity contribution in [1.29, 1.82) is 0 Å². The van der Waals surface area contributed by atoms with Gasteiger partial charge in [-0.05, 0) is 105 Å². The molecule has 4 unspecified atom stereocenters. The first kappa shape index (κ1) is 29.5. The number of benzene rings is 2. The summed E-state index contributed by atoms with van der Waals surface area (Å²) in [5, 5.41) is 7.25. The smallest absolute Gasteiger partial charge is 0.171 e. The molecule has 3 fully saturated rings. The Morgan fingerprint density at radius 3 is 2.78 bits per heavy atom. The molecule has 0 amide bonds.